The molecule has 2 heterocycles. The topological polar surface area (TPSA) is 74.4 Å². The first kappa shape index (κ1) is 11.9. The Bertz CT molecular complexity index is 682. The van der Waals surface area contributed by atoms with E-state index in [1.807, 2.05) is 6.92 Å². The minimum atomic E-state index is -0.362. The molecule has 0 saturated carbocycles. The number of carbonyl (C=O) groups is 1. The number of aromatic nitrogens is 1. The summed E-state index contributed by atoms with van der Waals surface area (Å²) in [5.41, 5.74) is 9.18. The molecule has 0 spiro atoms. The SMILES string of the molecule is COC(=O)c1ccc2nc(N)c3c(c2c1)CO[C@H]3C. The molecule has 5 heteroatoms. The minimum Gasteiger partial charge on any atom is -0.465 e. The van der Waals surface area contributed by atoms with Crippen LogP contribution in [0.4, 0.5) is 5.82 Å². The average molecular weight is 258 g/mol. The molecule has 19 heavy (non-hydrogen) atoms. The first-order valence-electron chi connectivity index (χ1n) is 6.03. The number of ether oxygens (including phenoxy) is 2. The van der Waals surface area contributed by atoms with E-state index in [2.05, 4.69) is 4.98 Å². The van der Waals surface area contributed by atoms with E-state index in [4.69, 9.17) is 15.2 Å². The molecule has 1 aromatic carbocycles. The summed E-state index contributed by atoms with van der Waals surface area (Å²) < 4.78 is 10.3. The van der Waals surface area contributed by atoms with Crippen LogP contribution in [-0.2, 0) is 16.1 Å². The number of benzene rings is 1. The van der Waals surface area contributed by atoms with Crippen molar-refractivity contribution in [3.05, 3.63) is 34.9 Å². The van der Waals surface area contributed by atoms with Gasteiger partial charge >= 0.3 is 5.97 Å². The third-order valence-electron chi connectivity index (χ3n) is 3.47. The van der Waals surface area contributed by atoms with Crippen molar-refractivity contribution >= 4 is 22.7 Å². The molecular weight excluding hydrogens is 244 g/mol. The fourth-order valence-corrected chi connectivity index (χ4v) is 2.51. The van der Waals surface area contributed by atoms with Crippen LogP contribution in [0.25, 0.3) is 10.9 Å². The van der Waals surface area contributed by atoms with Gasteiger partial charge in [0.1, 0.15) is 5.82 Å². The van der Waals surface area contributed by atoms with Gasteiger partial charge in [0, 0.05) is 10.9 Å². The number of esters is 1. The van der Waals surface area contributed by atoms with Crippen LogP contribution in [0.5, 0.6) is 0 Å². The second-order valence-electron chi connectivity index (χ2n) is 4.57. The summed E-state index contributed by atoms with van der Waals surface area (Å²) in [6.07, 6.45) is -0.0614. The molecule has 2 aromatic rings. The van der Waals surface area contributed by atoms with Gasteiger partial charge in [-0.1, -0.05) is 0 Å². The Labute approximate surface area is 110 Å². The van der Waals surface area contributed by atoms with Crippen LogP contribution in [0.2, 0.25) is 0 Å². The number of hydrogen-bond acceptors (Lipinski definition) is 5. The predicted octanol–water partition coefficient (Wildman–Crippen LogP) is 2.19. The van der Waals surface area contributed by atoms with E-state index in [9.17, 15) is 4.79 Å². The molecule has 1 atom stereocenters. The maximum atomic E-state index is 11.6. The average Bonchev–Trinajstić information content (AvgIpc) is 2.81. The third kappa shape index (κ3) is 1.74. The van der Waals surface area contributed by atoms with Crippen molar-refractivity contribution < 1.29 is 14.3 Å². The zero-order valence-electron chi connectivity index (χ0n) is 10.8. The van der Waals surface area contributed by atoms with E-state index >= 15 is 0 Å². The van der Waals surface area contributed by atoms with E-state index in [-0.39, 0.29) is 12.1 Å². The van der Waals surface area contributed by atoms with Crippen LogP contribution in [0.3, 0.4) is 0 Å². The lowest BCUT2D eigenvalue weighted by Crippen LogP contribution is -2.04. The van der Waals surface area contributed by atoms with Gasteiger partial charge in [-0.2, -0.15) is 0 Å². The highest BCUT2D eigenvalue weighted by atomic mass is 16.5. The molecular formula is C14H14N2O3. The van der Waals surface area contributed by atoms with Crippen molar-refractivity contribution in [2.24, 2.45) is 0 Å². The number of anilines is 1. The van der Waals surface area contributed by atoms with E-state index < -0.39 is 0 Å². The quantitative estimate of drug-likeness (QED) is 0.794. The van der Waals surface area contributed by atoms with Crippen LogP contribution in [-0.4, -0.2) is 18.1 Å². The Morgan fingerprint density at radius 2 is 2.32 bits per heavy atom. The Kier molecular flexibility index (Phi) is 2.64. The van der Waals surface area contributed by atoms with Crippen LogP contribution < -0.4 is 5.73 Å². The molecule has 98 valence electrons. The summed E-state index contributed by atoms with van der Waals surface area (Å²) >= 11 is 0. The number of nitrogens with two attached hydrogens (primary N) is 1. The van der Waals surface area contributed by atoms with E-state index in [0.717, 1.165) is 22.0 Å². The van der Waals surface area contributed by atoms with Crippen molar-refractivity contribution in [1.82, 2.24) is 4.98 Å². The van der Waals surface area contributed by atoms with Gasteiger partial charge in [0.15, 0.2) is 0 Å². The van der Waals surface area contributed by atoms with Crippen molar-refractivity contribution in [3.8, 4) is 0 Å². The van der Waals surface area contributed by atoms with Gasteiger partial charge in [-0.3, -0.25) is 0 Å². The van der Waals surface area contributed by atoms with Crippen LogP contribution in [0.1, 0.15) is 34.5 Å². The summed E-state index contributed by atoms with van der Waals surface area (Å²) in [6.45, 7) is 2.43. The number of nitrogen functional groups attached to an aromatic ring is 1. The smallest absolute Gasteiger partial charge is 0.337 e. The summed E-state index contributed by atoms with van der Waals surface area (Å²) in [4.78, 5) is 16.0. The second-order valence-corrected chi connectivity index (χ2v) is 4.57. The zero-order chi connectivity index (χ0) is 13.6. The van der Waals surface area contributed by atoms with Gasteiger partial charge in [0.2, 0.25) is 0 Å². The minimum absolute atomic E-state index is 0.0614. The Balaban J connectivity index is 2.28. The van der Waals surface area contributed by atoms with Gasteiger partial charge in [0.05, 0.1) is 30.9 Å². The van der Waals surface area contributed by atoms with Gasteiger partial charge in [-0.15, -0.1) is 0 Å². The maximum Gasteiger partial charge on any atom is 0.337 e. The Morgan fingerprint density at radius 3 is 3.05 bits per heavy atom. The van der Waals surface area contributed by atoms with Gasteiger partial charge in [0.25, 0.3) is 0 Å². The van der Waals surface area contributed by atoms with Crippen molar-refractivity contribution in [2.45, 2.75) is 19.6 Å². The molecule has 1 aromatic heterocycles. The molecule has 0 unspecified atom stereocenters. The number of nitrogens with zero attached hydrogens (tertiary/aromatic N) is 1. The molecule has 1 aliphatic heterocycles. The number of methoxy groups -OCH3 is 1. The highest BCUT2D eigenvalue weighted by Crippen LogP contribution is 2.38. The number of carbonyl (C=O) groups excluding carboxylic acids is 1. The Hall–Kier alpha value is -2.14. The largest absolute Gasteiger partial charge is 0.465 e. The lowest BCUT2D eigenvalue weighted by atomic mass is 10.0. The molecule has 0 aliphatic carbocycles. The van der Waals surface area contributed by atoms with Crippen LogP contribution >= 0.6 is 0 Å². The number of fused-ring (bicyclic) bond motifs is 3. The summed E-state index contributed by atoms with van der Waals surface area (Å²) in [5.74, 6) is 0.137. The fourth-order valence-electron chi connectivity index (χ4n) is 2.51. The van der Waals surface area contributed by atoms with Gasteiger partial charge in [-0.05, 0) is 30.7 Å². The molecule has 2 N–H and O–H groups in total. The molecule has 0 fully saturated rings. The first-order valence-corrected chi connectivity index (χ1v) is 6.03. The molecule has 0 saturated heterocycles. The lowest BCUT2D eigenvalue weighted by molar-refractivity contribution is 0.0601. The molecule has 0 bridgehead atoms. The maximum absolute atomic E-state index is 11.6. The van der Waals surface area contributed by atoms with E-state index in [1.165, 1.54) is 7.11 Å². The van der Waals surface area contributed by atoms with Crippen molar-refractivity contribution in [2.75, 3.05) is 12.8 Å². The van der Waals surface area contributed by atoms with E-state index in [0.29, 0.717) is 18.0 Å². The van der Waals surface area contributed by atoms with Gasteiger partial charge in [-0.25, -0.2) is 9.78 Å². The number of rotatable bonds is 1. The lowest BCUT2D eigenvalue weighted by Gasteiger charge is -2.10. The standard InChI is InChI=1S/C14H14N2O3/c1-7-12-10(6-19-7)9-5-8(14(17)18-2)3-4-11(9)16-13(12)15/h3-5,7H,6H2,1-2H3,(H2,15,16)/t7-/m0/s1. The van der Waals surface area contributed by atoms with E-state index in [1.54, 1.807) is 18.2 Å². The highest BCUT2D eigenvalue weighted by molar-refractivity contribution is 5.96. The number of hydrogen-bond donors (Lipinski definition) is 1. The fraction of sp³-hybridized carbons (Fsp3) is 0.286. The first-order chi connectivity index (χ1) is 9.11. The Morgan fingerprint density at radius 1 is 1.53 bits per heavy atom. The molecule has 3 rings (SSSR count). The summed E-state index contributed by atoms with van der Waals surface area (Å²) in [5, 5.41) is 0.899. The highest BCUT2D eigenvalue weighted by Gasteiger charge is 2.25. The third-order valence-corrected chi connectivity index (χ3v) is 3.47. The molecule has 0 amide bonds. The zero-order valence-corrected chi connectivity index (χ0v) is 10.8. The van der Waals surface area contributed by atoms with Crippen LogP contribution in [0.15, 0.2) is 18.2 Å². The normalized spacial score (nSPS) is 17.5. The monoisotopic (exact) mass is 258 g/mol. The predicted molar refractivity (Wildman–Crippen MR) is 70.7 cm³/mol. The van der Waals surface area contributed by atoms with Crippen LogP contribution in [0, 0.1) is 0 Å². The molecule has 5 nitrogen and oxygen atoms in total. The summed E-state index contributed by atoms with van der Waals surface area (Å²) in [7, 11) is 1.36. The van der Waals surface area contributed by atoms with Gasteiger partial charge < -0.3 is 15.2 Å². The molecule has 1 aliphatic rings. The molecule has 0 radical (unpaired) electrons. The number of pyridine rings is 1. The summed E-state index contributed by atoms with van der Waals surface area (Å²) in [6, 6.07) is 5.25. The van der Waals surface area contributed by atoms with Crippen molar-refractivity contribution in [1.29, 1.82) is 0 Å². The van der Waals surface area contributed by atoms with Crippen molar-refractivity contribution in [3.63, 3.8) is 0 Å². The second kappa shape index (κ2) is 4.20.